The zero-order chi connectivity index (χ0) is 26.2. The van der Waals surface area contributed by atoms with E-state index in [-0.39, 0.29) is 36.4 Å². The van der Waals surface area contributed by atoms with Crippen LogP contribution in [-0.2, 0) is 17.4 Å². The molecule has 40 heavy (non-hydrogen) atoms. The van der Waals surface area contributed by atoms with E-state index in [1.54, 1.807) is 24.3 Å². The molecule has 0 unspecified atom stereocenters. The summed E-state index contributed by atoms with van der Waals surface area (Å²) >= 11 is -4.66. The summed E-state index contributed by atoms with van der Waals surface area (Å²) in [7, 11) is 0. The van der Waals surface area contributed by atoms with Crippen LogP contribution in [0.2, 0.25) is 0 Å². The molecule has 4 aromatic carbocycles. The Bertz CT molecular complexity index is 1610. The van der Waals surface area contributed by atoms with Gasteiger partial charge in [-0.3, -0.25) is 0 Å². The first-order chi connectivity index (χ1) is 18.5. The van der Waals surface area contributed by atoms with Gasteiger partial charge in [0.15, 0.2) is 0 Å². The third kappa shape index (κ3) is 4.80. The number of benzene rings is 4. The molecule has 0 saturated carbocycles. The summed E-state index contributed by atoms with van der Waals surface area (Å²) < 4.78 is 34.5. The van der Waals surface area contributed by atoms with Crippen molar-refractivity contribution in [3.05, 3.63) is 163 Å². The van der Waals surface area contributed by atoms with Crippen LogP contribution in [0, 0.1) is 11.6 Å². The third-order valence-corrected chi connectivity index (χ3v) is 34.9. The Labute approximate surface area is 249 Å². The summed E-state index contributed by atoms with van der Waals surface area (Å²) in [5, 5.41) is 0. The molecule has 0 bridgehead atoms. The van der Waals surface area contributed by atoms with E-state index >= 15 is 0 Å². The molecular formula is C34H30Cl2F2SiZr. The molecule has 0 aromatic heterocycles. The standard InChI is InChI=1S/2C11H8F.2C6H5.2ClH.H2Si.Zr/c2*12-11-7-3-6-10(8-11)9-4-1-2-5-9;2*1-2-4-6-5-3-1;;;;/h2*1,3-4,6-8H,2H2;2*1-5H;2*1H;1H2;. The van der Waals surface area contributed by atoms with Crippen LogP contribution >= 0.6 is 24.8 Å². The first-order valence-corrected chi connectivity index (χ1v) is 23.8. The van der Waals surface area contributed by atoms with Gasteiger partial charge < -0.3 is 0 Å². The molecule has 0 N–H and O–H groups in total. The summed E-state index contributed by atoms with van der Waals surface area (Å²) in [6.07, 6.45) is 10.4. The molecule has 0 amide bonds. The van der Waals surface area contributed by atoms with Gasteiger partial charge in [0, 0.05) is 0 Å². The van der Waals surface area contributed by atoms with Crippen LogP contribution in [0.1, 0.15) is 24.0 Å². The van der Waals surface area contributed by atoms with Gasteiger partial charge >= 0.3 is 226 Å². The Morgan fingerprint density at radius 1 is 0.525 bits per heavy atom. The van der Waals surface area contributed by atoms with E-state index in [0.717, 1.165) is 35.1 Å². The molecule has 0 nitrogen and oxygen atoms in total. The third-order valence-electron chi connectivity index (χ3n) is 8.29. The molecule has 6 heteroatoms. The zero-order valence-corrected chi connectivity index (χ0v) is 27.4. The van der Waals surface area contributed by atoms with E-state index in [4.69, 9.17) is 0 Å². The molecular weight excluding hydrogens is 637 g/mol. The molecule has 6 rings (SSSR count). The Morgan fingerprint density at radius 3 is 1.30 bits per heavy atom. The minimum atomic E-state index is -4.66. The Morgan fingerprint density at radius 2 is 0.925 bits per heavy atom. The molecule has 202 valence electrons. The Kier molecular flexibility index (Phi) is 9.17. The van der Waals surface area contributed by atoms with Gasteiger partial charge in [-0.05, 0) is 0 Å². The normalized spacial score (nSPS) is 14.8. The van der Waals surface area contributed by atoms with Gasteiger partial charge in [-0.1, -0.05) is 0 Å². The van der Waals surface area contributed by atoms with E-state index in [1.165, 1.54) is 25.2 Å². The van der Waals surface area contributed by atoms with Crippen molar-refractivity contribution in [2.75, 3.05) is 0 Å². The SMILES string of the molecule is Cl.Cl.Fc1cccc(C2=[C]([Zr](=[SiH2])([C]3=C(c4cccc(F)c4)C=CC3)([c]3ccccc3)[c]3ccccc3)CC=C2)c1. The van der Waals surface area contributed by atoms with E-state index in [1.807, 2.05) is 12.1 Å². The van der Waals surface area contributed by atoms with Crippen molar-refractivity contribution in [1.82, 2.24) is 0 Å². The number of hydrogen-bond acceptors (Lipinski definition) is 0. The quantitative estimate of drug-likeness (QED) is 0.185. The predicted octanol–water partition coefficient (Wildman–Crippen LogP) is 7.74. The fourth-order valence-corrected chi connectivity index (χ4v) is 29.9. The van der Waals surface area contributed by atoms with E-state index < -0.39 is 17.4 Å². The predicted molar refractivity (Wildman–Crippen MR) is 169 cm³/mol. The van der Waals surface area contributed by atoms with Crippen LogP contribution in [0.5, 0.6) is 0 Å². The van der Waals surface area contributed by atoms with Crippen LogP contribution in [0.15, 0.2) is 140 Å². The molecule has 0 aliphatic heterocycles. The van der Waals surface area contributed by atoms with Gasteiger partial charge in [0.2, 0.25) is 0 Å². The second-order valence-electron chi connectivity index (χ2n) is 10.2. The second-order valence-corrected chi connectivity index (χ2v) is 31.5. The molecule has 2 aliphatic rings. The fourth-order valence-electron chi connectivity index (χ4n) is 6.57. The van der Waals surface area contributed by atoms with Gasteiger partial charge in [-0.25, -0.2) is 0 Å². The second kappa shape index (κ2) is 12.1. The molecule has 4 aromatic rings. The summed E-state index contributed by atoms with van der Waals surface area (Å²) in [4.78, 5) is 0. The van der Waals surface area contributed by atoms with Gasteiger partial charge in [-0.2, -0.15) is 0 Å². The van der Waals surface area contributed by atoms with Crippen molar-refractivity contribution in [3.63, 3.8) is 0 Å². The maximum absolute atomic E-state index is 14.5. The first-order valence-electron chi connectivity index (χ1n) is 13.0. The van der Waals surface area contributed by atoms with Crippen LogP contribution in [0.25, 0.3) is 11.1 Å². The average Bonchev–Trinajstić information content (AvgIpc) is 3.65. The van der Waals surface area contributed by atoms with Crippen LogP contribution in [0.4, 0.5) is 8.78 Å². The number of halogens is 4. The van der Waals surface area contributed by atoms with Crippen molar-refractivity contribution in [1.29, 1.82) is 0 Å². The van der Waals surface area contributed by atoms with E-state index in [2.05, 4.69) is 91.8 Å². The van der Waals surface area contributed by atoms with Crippen LogP contribution < -0.4 is 6.54 Å². The Hall–Kier alpha value is -2.62. The van der Waals surface area contributed by atoms with Gasteiger partial charge in [0.05, 0.1) is 0 Å². The molecule has 0 spiro atoms. The zero-order valence-electron chi connectivity index (χ0n) is 21.9. The molecule has 0 heterocycles. The monoisotopic (exact) mass is 664 g/mol. The summed E-state index contributed by atoms with van der Waals surface area (Å²) in [5.41, 5.74) is 4.06. The summed E-state index contributed by atoms with van der Waals surface area (Å²) in [6.45, 7) is 2.20. The minimum absolute atomic E-state index is 0. The van der Waals surface area contributed by atoms with Gasteiger partial charge in [-0.15, -0.1) is 24.8 Å². The van der Waals surface area contributed by atoms with Crippen molar-refractivity contribution in [3.8, 4) is 0 Å². The number of rotatable bonds is 6. The van der Waals surface area contributed by atoms with E-state index in [9.17, 15) is 8.78 Å². The van der Waals surface area contributed by atoms with Crippen molar-refractivity contribution in [2.45, 2.75) is 12.8 Å². The molecule has 0 fully saturated rings. The molecule has 0 saturated heterocycles. The number of hydrogen-bond donors (Lipinski definition) is 0. The van der Waals surface area contributed by atoms with Gasteiger partial charge in [0.1, 0.15) is 0 Å². The fraction of sp³-hybridized carbons (Fsp3) is 0.0588. The Balaban J connectivity index is 0.00000185. The summed E-state index contributed by atoms with van der Waals surface area (Å²) in [5.74, 6) is -0.464. The van der Waals surface area contributed by atoms with E-state index in [0.29, 0.717) is 0 Å². The van der Waals surface area contributed by atoms with Crippen LogP contribution in [-0.4, -0.2) is 6.88 Å². The molecule has 0 atom stereocenters. The first kappa shape index (κ1) is 30.3. The molecule has 2 aliphatic carbocycles. The topological polar surface area (TPSA) is 0 Å². The molecule has 0 radical (unpaired) electrons. The van der Waals surface area contributed by atoms with Gasteiger partial charge in [0.25, 0.3) is 0 Å². The van der Waals surface area contributed by atoms with Crippen LogP contribution in [0.3, 0.4) is 0 Å². The van der Waals surface area contributed by atoms with Crippen molar-refractivity contribution < 1.29 is 26.2 Å². The summed E-state index contributed by atoms with van der Waals surface area (Å²) in [6, 6.07) is 35.7. The average molecular weight is 667 g/mol. The van der Waals surface area contributed by atoms with Crippen molar-refractivity contribution in [2.24, 2.45) is 0 Å². The van der Waals surface area contributed by atoms with Crippen molar-refractivity contribution >= 4 is 49.4 Å². The maximum atomic E-state index is 14.5. The number of allylic oxidation sites excluding steroid dienone is 8.